The molecule has 5 aromatic heterocycles. The molecule has 0 fully saturated rings. The Hall–Kier alpha value is -3.65. The summed E-state index contributed by atoms with van der Waals surface area (Å²) in [6, 6.07) is 12.8. The molecule has 6 heterocycles. The quantitative estimate of drug-likeness (QED) is 0.447. The first kappa shape index (κ1) is 17.2. The number of nitrogens with one attached hydrogen (secondary N) is 1. The average molecular weight is 418 g/mol. The van der Waals surface area contributed by atoms with Crippen LogP contribution in [-0.4, -0.2) is 46.5 Å². The van der Waals surface area contributed by atoms with Crippen molar-refractivity contribution in [1.82, 2.24) is 34.1 Å². The topological polar surface area (TPSA) is 83.6 Å². The number of carbonyl (C=O) groups excluding carboxylic acids is 1. The van der Waals surface area contributed by atoms with Gasteiger partial charge in [0, 0.05) is 24.9 Å². The minimum atomic E-state index is -0.415. The molecule has 1 N–H and O–H groups in total. The lowest BCUT2D eigenvalue weighted by molar-refractivity contribution is 0.0689. The van der Waals surface area contributed by atoms with Crippen molar-refractivity contribution in [3.63, 3.8) is 0 Å². The number of imidazole rings is 1. The Labute approximate surface area is 175 Å². The van der Waals surface area contributed by atoms with Crippen LogP contribution in [0, 0.1) is 0 Å². The molecule has 8 nitrogen and oxygen atoms in total. The second-order valence-corrected chi connectivity index (χ2v) is 7.65. The van der Waals surface area contributed by atoms with Gasteiger partial charge in [-0.1, -0.05) is 23.7 Å². The number of amides is 1. The van der Waals surface area contributed by atoms with Gasteiger partial charge in [-0.2, -0.15) is 10.2 Å². The maximum atomic E-state index is 13.6. The van der Waals surface area contributed by atoms with Crippen LogP contribution in [0.3, 0.4) is 0 Å². The molecule has 0 spiro atoms. The van der Waals surface area contributed by atoms with Gasteiger partial charge in [-0.3, -0.25) is 4.79 Å². The van der Waals surface area contributed by atoms with E-state index in [1.165, 1.54) is 0 Å². The van der Waals surface area contributed by atoms with Crippen molar-refractivity contribution in [2.24, 2.45) is 0 Å². The van der Waals surface area contributed by atoms with Crippen LogP contribution in [0.25, 0.3) is 11.0 Å². The molecule has 1 aliphatic heterocycles. The van der Waals surface area contributed by atoms with E-state index in [1.54, 1.807) is 27.6 Å². The Balaban J connectivity index is 1.50. The first-order valence-electron chi connectivity index (χ1n) is 9.60. The minimum absolute atomic E-state index is 0.0991. The molecule has 0 radical (unpaired) electrons. The first-order valence-corrected chi connectivity index (χ1v) is 9.98. The normalized spacial score (nSPS) is 16.3. The Morgan fingerprint density at radius 3 is 3.03 bits per heavy atom. The molecule has 5 aromatic rings. The van der Waals surface area contributed by atoms with E-state index in [-0.39, 0.29) is 5.91 Å². The lowest BCUT2D eigenvalue weighted by Crippen LogP contribution is -2.41. The predicted octanol–water partition coefficient (Wildman–Crippen LogP) is 3.15. The van der Waals surface area contributed by atoms with Crippen LogP contribution in [0.15, 0.2) is 61.2 Å². The molecule has 0 saturated heterocycles. The Morgan fingerprint density at radius 2 is 2.13 bits per heavy atom. The summed E-state index contributed by atoms with van der Waals surface area (Å²) in [5.74, 6) is -0.0991. The Kier molecular flexibility index (Phi) is 3.69. The van der Waals surface area contributed by atoms with Gasteiger partial charge in [-0.25, -0.2) is 14.0 Å². The van der Waals surface area contributed by atoms with Gasteiger partial charge >= 0.3 is 0 Å². The molecule has 148 valence electrons. The molecule has 6 rings (SSSR count). The minimum Gasteiger partial charge on any atom is -0.348 e. The molecule has 0 aliphatic carbocycles. The highest BCUT2D eigenvalue weighted by atomic mass is 35.5. The fourth-order valence-corrected chi connectivity index (χ4v) is 4.39. The monoisotopic (exact) mass is 417 g/mol. The van der Waals surface area contributed by atoms with Crippen molar-refractivity contribution < 1.29 is 4.79 Å². The zero-order valence-corrected chi connectivity index (χ0v) is 16.5. The number of hydrogen-bond donors (Lipinski definition) is 1. The Morgan fingerprint density at radius 1 is 1.20 bits per heavy atom. The molecule has 0 bridgehead atoms. The summed E-state index contributed by atoms with van der Waals surface area (Å²) in [5, 5.41) is 9.54. The lowest BCUT2D eigenvalue weighted by Gasteiger charge is -2.33. The van der Waals surface area contributed by atoms with Gasteiger partial charge in [0.15, 0.2) is 0 Å². The second-order valence-electron chi connectivity index (χ2n) is 7.26. The van der Waals surface area contributed by atoms with Crippen molar-refractivity contribution in [2.75, 3.05) is 6.54 Å². The number of aromatic nitrogens is 6. The molecule has 1 amide bonds. The van der Waals surface area contributed by atoms with Gasteiger partial charge in [-0.15, -0.1) is 0 Å². The highest BCUT2D eigenvalue weighted by molar-refractivity contribution is 6.29. The number of hydrogen-bond acceptors (Lipinski definition) is 4. The van der Waals surface area contributed by atoms with Crippen molar-refractivity contribution in [3.05, 3.63) is 89.0 Å². The van der Waals surface area contributed by atoms with E-state index in [2.05, 4.69) is 15.1 Å². The van der Waals surface area contributed by atoms with E-state index in [0.717, 1.165) is 28.1 Å². The molecule has 1 atom stereocenters. The molecular formula is C21H16ClN7O. The molecule has 0 aromatic carbocycles. The highest BCUT2D eigenvalue weighted by Gasteiger charge is 2.37. The number of fused-ring (bicyclic) bond motifs is 3. The number of aromatic amines is 1. The van der Waals surface area contributed by atoms with E-state index in [1.807, 2.05) is 47.5 Å². The predicted molar refractivity (Wildman–Crippen MR) is 111 cm³/mol. The molecule has 0 saturated carbocycles. The zero-order chi connectivity index (χ0) is 20.2. The van der Waals surface area contributed by atoms with Crippen LogP contribution in [0.5, 0.6) is 0 Å². The van der Waals surface area contributed by atoms with Crippen molar-refractivity contribution in [3.8, 4) is 0 Å². The van der Waals surface area contributed by atoms with Crippen LogP contribution >= 0.6 is 11.6 Å². The van der Waals surface area contributed by atoms with Gasteiger partial charge in [0.2, 0.25) is 0 Å². The fraction of sp³-hybridized carbons (Fsp3) is 0.143. The number of pyridine rings is 2. The fourth-order valence-electron chi connectivity index (χ4n) is 4.18. The van der Waals surface area contributed by atoms with Gasteiger partial charge < -0.3 is 9.88 Å². The summed E-state index contributed by atoms with van der Waals surface area (Å²) in [7, 11) is 0. The number of carbonyl (C=O) groups is 1. The third kappa shape index (κ3) is 2.47. The van der Waals surface area contributed by atoms with Crippen LogP contribution in [0.2, 0.25) is 5.15 Å². The van der Waals surface area contributed by atoms with Gasteiger partial charge in [0.25, 0.3) is 5.91 Å². The molecule has 30 heavy (non-hydrogen) atoms. The molecule has 0 unspecified atom stereocenters. The van der Waals surface area contributed by atoms with Crippen molar-refractivity contribution in [1.29, 1.82) is 0 Å². The second kappa shape index (κ2) is 6.43. The number of halogens is 1. The van der Waals surface area contributed by atoms with E-state index in [4.69, 9.17) is 16.7 Å². The maximum absolute atomic E-state index is 13.6. The van der Waals surface area contributed by atoms with E-state index in [0.29, 0.717) is 23.7 Å². The summed E-state index contributed by atoms with van der Waals surface area (Å²) in [5.41, 5.74) is 4.75. The van der Waals surface area contributed by atoms with Crippen LogP contribution < -0.4 is 0 Å². The zero-order valence-electron chi connectivity index (χ0n) is 15.7. The first-order chi connectivity index (χ1) is 14.7. The van der Waals surface area contributed by atoms with Gasteiger partial charge in [0.05, 0.1) is 40.5 Å². The summed E-state index contributed by atoms with van der Waals surface area (Å²) in [6.45, 7) is 0.546. The Bertz CT molecular complexity index is 1420. The standard InChI is InChI=1S/C21H16ClN7O/c22-18-6-3-4-13-10-16(26-29(13)18)20-19-15(23-12-24-19)7-9-27(20)21(30)14-11-25-28-8-2-1-5-17(14)28/h1-6,8,10-12,20H,7,9H2,(H,23,24)/t20-/m1/s1. The lowest BCUT2D eigenvalue weighted by atomic mass is 9.98. The van der Waals surface area contributed by atoms with Crippen molar-refractivity contribution >= 4 is 28.5 Å². The average Bonchev–Trinajstić information content (AvgIpc) is 3.50. The van der Waals surface area contributed by atoms with Crippen LogP contribution in [0.1, 0.15) is 33.5 Å². The van der Waals surface area contributed by atoms with Gasteiger partial charge in [0.1, 0.15) is 11.2 Å². The summed E-state index contributed by atoms with van der Waals surface area (Å²) in [6.07, 6.45) is 5.82. The third-order valence-electron chi connectivity index (χ3n) is 5.58. The number of rotatable bonds is 2. The molecule has 1 aliphatic rings. The highest BCUT2D eigenvalue weighted by Crippen LogP contribution is 2.35. The SMILES string of the molecule is O=C(c1cnn2ccccc12)N1CCc2[nH]cnc2[C@H]1c1cc2cccc(Cl)n2n1. The van der Waals surface area contributed by atoms with E-state index >= 15 is 0 Å². The van der Waals surface area contributed by atoms with Crippen LogP contribution in [0.4, 0.5) is 0 Å². The number of nitrogens with zero attached hydrogens (tertiary/aromatic N) is 6. The van der Waals surface area contributed by atoms with E-state index in [9.17, 15) is 4.79 Å². The number of H-pyrrole nitrogens is 1. The van der Waals surface area contributed by atoms with Crippen molar-refractivity contribution in [2.45, 2.75) is 12.5 Å². The van der Waals surface area contributed by atoms with E-state index < -0.39 is 6.04 Å². The molecular weight excluding hydrogens is 402 g/mol. The maximum Gasteiger partial charge on any atom is 0.258 e. The molecule has 9 heteroatoms. The summed E-state index contributed by atoms with van der Waals surface area (Å²) in [4.78, 5) is 23.2. The summed E-state index contributed by atoms with van der Waals surface area (Å²) < 4.78 is 3.38. The smallest absolute Gasteiger partial charge is 0.258 e. The largest absolute Gasteiger partial charge is 0.348 e. The summed E-state index contributed by atoms with van der Waals surface area (Å²) >= 11 is 6.32. The van der Waals surface area contributed by atoms with Gasteiger partial charge in [-0.05, 0) is 30.3 Å². The third-order valence-corrected chi connectivity index (χ3v) is 5.87. The van der Waals surface area contributed by atoms with Crippen LogP contribution in [-0.2, 0) is 6.42 Å².